The molecule has 0 fully saturated rings. The van der Waals surface area contributed by atoms with E-state index >= 15 is 0 Å². The van der Waals surface area contributed by atoms with Crippen LogP contribution >= 0.6 is 0 Å². The van der Waals surface area contributed by atoms with Crippen molar-refractivity contribution in [2.45, 2.75) is 20.3 Å². The molecular formula is C13H15N3O. The summed E-state index contributed by atoms with van der Waals surface area (Å²) in [6, 6.07) is 5.88. The predicted molar refractivity (Wildman–Crippen MR) is 66.8 cm³/mol. The van der Waals surface area contributed by atoms with Crippen molar-refractivity contribution < 1.29 is 4.79 Å². The molecule has 0 aliphatic heterocycles. The summed E-state index contributed by atoms with van der Waals surface area (Å²) in [7, 11) is 0. The summed E-state index contributed by atoms with van der Waals surface area (Å²) in [6.07, 6.45) is 3.53. The molecule has 0 aliphatic carbocycles. The van der Waals surface area contributed by atoms with Gasteiger partial charge >= 0.3 is 0 Å². The molecule has 0 atom stereocenters. The minimum atomic E-state index is -0.0440. The molecule has 4 heteroatoms. The van der Waals surface area contributed by atoms with Crippen LogP contribution in [0.4, 0.5) is 5.69 Å². The first-order valence-corrected chi connectivity index (χ1v) is 5.49. The molecule has 2 N–H and O–H groups in total. The molecule has 0 saturated carbocycles. The van der Waals surface area contributed by atoms with E-state index in [1.54, 1.807) is 12.5 Å². The number of amides is 1. The number of anilines is 1. The van der Waals surface area contributed by atoms with Crippen molar-refractivity contribution in [1.82, 2.24) is 9.97 Å². The number of rotatable bonds is 3. The van der Waals surface area contributed by atoms with Crippen LogP contribution in [0.25, 0.3) is 0 Å². The van der Waals surface area contributed by atoms with Gasteiger partial charge in [-0.15, -0.1) is 0 Å². The van der Waals surface area contributed by atoms with Crippen LogP contribution in [0.3, 0.4) is 0 Å². The maximum absolute atomic E-state index is 11.7. The van der Waals surface area contributed by atoms with Crippen molar-refractivity contribution in [2.24, 2.45) is 0 Å². The molecule has 4 nitrogen and oxygen atoms in total. The third-order valence-electron chi connectivity index (χ3n) is 2.70. The zero-order valence-electron chi connectivity index (χ0n) is 9.95. The summed E-state index contributed by atoms with van der Waals surface area (Å²) in [4.78, 5) is 18.5. The van der Waals surface area contributed by atoms with Crippen LogP contribution in [0.15, 0.2) is 30.7 Å². The normalized spacial score (nSPS) is 10.2. The minimum Gasteiger partial charge on any atom is -0.348 e. The number of hydrogen-bond donors (Lipinski definition) is 2. The number of nitrogens with zero attached hydrogens (tertiary/aromatic N) is 1. The Bertz CT molecular complexity index is 517. The summed E-state index contributed by atoms with van der Waals surface area (Å²) in [5.74, 6) is -0.0440. The van der Waals surface area contributed by atoms with E-state index in [2.05, 4.69) is 15.3 Å². The Morgan fingerprint density at radius 2 is 2.18 bits per heavy atom. The smallest absolute Gasteiger partial charge is 0.230 e. The number of aromatic nitrogens is 2. The molecule has 0 bridgehead atoms. The van der Waals surface area contributed by atoms with Crippen molar-refractivity contribution in [3.63, 3.8) is 0 Å². The lowest BCUT2D eigenvalue weighted by Gasteiger charge is -2.06. The van der Waals surface area contributed by atoms with E-state index in [4.69, 9.17) is 0 Å². The van der Waals surface area contributed by atoms with E-state index in [9.17, 15) is 4.79 Å². The highest BCUT2D eigenvalue weighted by atomic mass is 16.1. The average Bonchev–Trinajstić information content (AvgIpc) is 2.76. The first-order valence-electron chi connectivity index (χ1n) is 5.49. The molecule has 0 unspecified atom stereocenters. The Hall–Kier alpha value is -2.10. The second kappa shape index (κ2) is 4.82. The quantitative estimate of drug-likeness (QED) is 0.847. The van der Waals surface area contributed by atoms with Crippen LogP contribution < -0.4 is 5.32 Å². The fourth-order valence-electron chi connectivity index (χ4n) is 1.58. The summed E-state index contributed by atoms with van der Waals surface area (Å²) in [5.41, 5.74) is 4.03. The first-order chi connectivity index (χ1) is 8.15. The standard InChI is InChI=1S/C13H15N3O/c1-9-3-4-11(5-10(9)2)16-13(17)6-12-7-14-8-15-12/h3-5,7-8H,6H2,1-2H3,(H,14,15)(H,16,17). The number of aryl methyl sites for hydroxylation is 2. The zero-order chi connectivity index (χ0) is 12.3. The Kier molecular flexibility index (Phi) is 3.23. The highest BCUT2D eigenvalue weighted by molar-refractivity contribution is 5.92. The highest BCUT2D eigenvalue weighted by Gasteiger charge is 2.05. The number of H-pyrrole nitrogens is 1. The Labute approximate surface area is 100 Å². The Morgan fingerprint density at radius 3 is 2.82 bits per heavy atom. The lowest BCUT2D eigenvalue weighted by molar-refractivity contribution is -0.115. The summed E-state index contributed by atoms with van der Waals surface area (Å²) in [6.45, 7) is 4.07. The van der Waals surface area contributed by atoms with Crippen LogP contribution in [-0.2, 0) is 11.2 Å². The number of hydrogen-bond acceptors (Lipinski definition) is 2. The number of carbonyl (C=O) groups is 1. The molecule has 0 saturated heterocycles. The maximum Gasteiger partial charge on any atom is 0.230 e. The van der Waals surface area contributed by atoms with Crippen LogP contribution in [0.1, 0.15) is 16.8 Å². The topological polar surface area (TPSA) is 57.8 Å². The van der Waals surface area contributed by atoms with E-state index in [1.807, 2.05) is 32.0 Å². The van der Waals surface area contributed by atoms with Gasteiger partial charge in [0.25, 0.3) is 0 Å². The molecule has 2 rings (SSSR count). The molecule has 88 valence electrons. The monoisotopic (exact) mass is 229 g/mol. The van der Waals surface area contributed by atoms with Gasteiger partial charge in [-0.3, -0.25) is 4.79 Å². The molecule has 1 aromatic carbocycles. The maximum atomic E-state index is 11.7. The lowest BCUT2D eigenvalue weighted by atomic mass is 10.1. The number of benzene rings is 1. The molecule has 1 amide bonds. The van der Waals surface area contributed by atoms with E-state index in [0.29, 0.717) is 6.42 Å². The summed E-state index contributed by atoms with van der Waals surface area (Å²) in [5, 5.41) is 2.86. The van der Waals surface area contributed by atoms with Crippen LogP contribution in [0.2, 0.25) is 0 Å². The van der Waals surface area contributed by atoms with E-state index in [0.717, 1.165) is 11.4 Å². The van der Waals surface area contributed by atoms with Gasteiger partial charge in [0.1, 0.15) is 0 Å². The molecule has 1 heterocycles. The zero-order valence-corrected chi connectivity index (χ0v) is 9.95. The highest BCUT2D eigenvalue weighted by Crippen LogP contribution is 2.14. The van der Waals surface area contributed by atoms with Gasteiger partial charge < -0.3 is 10.3 Å². The largest absolute Gasteiger partial charge is 0.348 e. The molecule has 2 aromatic rings. The van der Waals surface area contributed by atoms with Gasteiger partial charge in [-0.05, 0) is 37.1 Å². The minimum absolute atomic E-state index is 0.0440. The van der Waals surface area contributed by atoms with Gasteiger partial charge in [0.15, 0.2) is 0 Å². The van der Waals surface area contributed by atoms with Gasteiger partial charge in [0.2, 0.25) is 5.91 Å². The Morgan fingerprint density at radius 1 is 1.35 bits per heavy atom. The summed E-state index contributed by atoms with van der Waals surface area (Å²) >= 11 is 0. The SMILES string of the molecule is Cc1ccc(NC(=O)Cc2cnc[nH]2)cc1C. The molecule has 0 spiro atoms. The number of aromatic amines is 1. The Balaban J connectivity index is 2.00. The molecule has 0 radical (unpaired) electrons. The first kappa shape index (κ1) is 11.4. The van der Waals surface area contributed by atoms with E-state index < -0.39 is 0 Å². The van der Waals surface area contributed by atoms with Crippen molar-refractivity contribution in [2.75, 3.05) is 5.32 Å². The van der Waals surface area contributed by atoms with Crippen LogP contribution in [0, 0.1) is 13.8 Å². The number of carbonyl (C=O) groups excluding carboxylic acids is 1. The van der Waals surface area contributed by atoms with Crippen molar-refractivity contribution in [3.05, 3.63) is 47.5 Å². The molecule has 0 aliphatic rings. The predicted octanol–water partition coefficient (Wildman–Crippen LogP) is 2.21. The number of imidazole rings is 1. The second-order valence-corrected chi connectivity index (χ2v) is 4.10. The van der Waals surface area contributed by atoms with Gasteiger partial charge in [0.05, 0.1) is 12.7 Å². The van der Waals surface area contributed by atoms with Crippen molar-refractivity contribution in [1.29, 1.82) is 0 Å². The third kappa shape index (κ3) is 2.93. The van der Waals surface area contributed by atoms with Crippen molar-refractivity contribution >= 4 is 11.6 Å². The van der Waals surface area contributed by atoms with E-state index in [1.165, 1.54) is 11.1 Å². The van der Waals surface area contributed by atoms with Gasteiger partial charge in [-0.25, -0.2) is 4.98 Å². The molecule has 1 aromatic heterocycles. The molecule has 17 heavy (non-hydrogen) atoms. The van der Waals surface area contributed by atoms with Crippen molar-refractivity contribution in [3.8, 4) is 0 Å². The van der Waals surface area contributed by atoms with E-state index in [-0.39, 0.29) is 5.91 Å². The fourth-order valence-corrected chi connectivity index (χ4v) is 1.58. The van der Waals surface area contributed by atoms with Gasteiger partial charge in [-0.2, -0.15) is 0 Å². The lowest BCUT2D eigenvalue weighted by Crippen LogP contribution is -2.14. The third-order valence-corrected chi connectivity index (χ3v) is 2.70. The molecular weight excluding hydrogens is 214 g/mol. The summed E-state index contributed by atoms with van der Waals surface area (Å²) < 4.78 is 0. The van der Waals surface area contributed by atoms with Crippen LogP contribution in [-0.4, -0.2) is 15.9 Å². The fraction of sp³-hybridized carbons (Fsp3) is 0.231. The van der Waals surface area contributed by atoms with Gasteiger partial charge in [0, 0.05) is 17.6 Å². The second-order valence-electron chi connectivity index (χ2n) is 4.10. The van der Waals surface area contributed by atoms with Crippen LogP contribution in [0.5, 0.6) is 0 Å². The average molecular weight is 229 g/mol. The van der Waals surface area contributed by atoms with Gasteiger partial charge in [-0.1, -0.05) is 6.07 Å². The number of nitrogens with one attached hydrogen (secondary N) is 2.